The third-order valence-electron chi connectivity index (χ3n) is 5.83. The van der Waals surface area contributed by atoms with Crippen LogP contribution in [-0.4, -0.2) is 42.8 Å². The standard InChI is InChI=1S/C16H30N2O/c1-18(15-6-4-5-13(15)11-17)12-14-7-10-16(19-14)8-2-3-9-16/h13-15H,2-12,17H2,1H3. The summed E-state index contributed by atoms with van der Waals surface area (Å²) in [5.41, 5.74) is 6.19. The largest absolute Gasteiger partial charge is 0.370 e. The highest BCUT2D eigenvalue weighted by Crippen LogP contribution is 2.43. The first kappa shape index (κ1) is 13.8. The maximum Gasteiger partial charge on any atom is 0.0710 e. The molecule has 0 aromatic rings. The fraction of sp³-hybridized carbons (Fsp3) is 1.00. The van der Waals surface area contributed by atoms with E-state index in [0.717, 1.165) is 13.1 Å². The van der Waals surface area contributed by atoms with Gasteiger partial charge in [0.2, 0.25) is 0 Å². The first-order valence-electron chi connectivity index (χ1n) is 8.30. The van der Waals surface area contributed by atoms with Crippen LogP contribution in [0.25, 0.3) is 0 Å². The van der Waals surface area contributed by atoms with Crippen molar-refractivity contribution in [2.24, 2.45) is 11.7 Å². The van der Waals surface area contributed by atoms with Crippen LogP contribution in [0.4, 0.5) is 0 Å². The lowest BCUT2D eigenvalue weighted by molar-refractivity contribution is -0.0496. The molecule has 3 heteroatoms. The summed E-state index contributed by atoms with van der Waals surface area (Å²) in [4.78, 5) is 2.54. The minimum Gasteiger partial charge on any atom is -0.370 e. The number of hydrogen-bond acceptors (Lipinski definition) is 3. The molecule has 3 aliphatic rings. The van der Waals surface area contributed by atoms with E-state index in [2.05, 4.69) is 11.9 Å². The third-order valence-corrected chi connectivity index (χ3v) is 5.83. The minimum absolute atomic E-state index is 0.286. The molecule has 2 saturated carbocycles. The Morgan fingerprint density at radius 2 is 1.89 bits per heavy atom. The van der Waals surface area contributed by atoms with Crippen molar-refractivity contribution in [2.75, 3.05) is 20.1 Å². The Kier molecular flexibility index (Phi) is 4.16. The molecule has 2 N–H and O–H groups in total. The summed E-state index contributed by atoms with van der Waals surface area (Å²) in [5.74, 6) is 0.715. The smallest absolute Gasteiger partial charge is 0.0710 e. The lowest BCUT2D eigenvalue weighted by Gasteiger charge is -2.32. The van der Waals surface area contributed by atoms with Crippen molar-refractivity contribution in [3.05, 3.63) is 0 Å². The second kappa shape index (κ2) is 5.71. The molecule has 3 fully saturated rings. The van der Waals surface area contributed by atoms with Crippen molar-refractivity contribution >= 4 is 0 Å². The summed E-state index contributed by atoms with van der Waals surface area (Å²) in [6.45, 7) is 1.97. The molecule has 3 nitrogen and oxygen atoms in total. The zero-order valence-electron chi connectivity index (χ0n) is 12.4. The summed E-state index contributed by atoms with van der Waals surface area (Å²) < 4.78 is 6.44. The quantitative estimate of drug-likeness (QED) is 0.850. The molecule has 0 bridgehead atoms. The molecule has 2 aliphatic carbocycles. The average molecular weight is 266 g/mol. The first-order valence-corrected chi connectivity index (χ1v) is 8.30. The van der Waals surface area contributed by atoms with Gasteiger partial charge in [0.15, 0.2) is 0 Å². The molecule has 0 amide bonds. The summed E-state index contributed by atoms with van der Waals surface area (Å²) in [6.07, 6.45) is 12.4. The lowest BCUT2D eigenvalue weighted by Crippen LogP contribution is -2.42. The van der Waals surface area contributed by atoms with E-state index in [1.54, 1.807) is 0 Å². The van der Waals surface area contributed by atoms with Crippen LogP contribution in [0.5, 0.6) is 0 Å². The van der Waals surface area contributed by atoms with Gasteiger partial charge in [0.25, 0.3) is 0 Å². The van der Waals surface area contributed by atoms with Gasteiger partial charge in [-0.1, -0.05) is 19.3 Å². The summed E-state index contributed by atoms with van der Waals surface area (Å²) >= 11 is 0. The molecule has 3 rings (SSSR count). The molecule has 1 saturated heterocycles. The number of rotatable bonds is 4. The molecule has 0 radical (unpaired) electrons. The van der Waals surface area contributed by atoms with Crippen LogP contribution in [0.1, 0.15) is 57.8 Å². The predicted molar refractivity (Wildman–Crippen MR) is 78.1 cm³/mol. The molecular weight excluding hydrogens is 236 g/mol. The predicted octanol–water partition coefficient (Wildman–Crippen LogP) is 2.54. The molecule has 1 aliphatic heterocycles. The van der Waals surface area contributed by atoms with E-state index in [1.165, 1.54) is 57.8 Å². The van der Waals surface area contributed by atoms with E-state index in [1.807, 2.05) is 0 Å². The number of nitrogens with zero attached hydrogens (tertiary/aromatic N) is 1. The average Bonchev–Trinajstić information content (AvgIpc) is 3.12. The van der Waals surface area contributed by atoms with Crippen LogP contribution in [0.3, 0.4) is 0 Å². The third kappa shape index (κ3) is 2.84. The maximum atomic E-state index is 6.44. The van der Waals surface area contributed by atoms with Gasteiger partial charge in [0.1, 0.15) is 0 Å². The number of likely N-dealkylation sites (N-methyl/N-ethyl adjacent to an activating group) is 1. The van der Waals surface area contributed by atoms with Crippen molar-refractivity contribution in [3.63, 3.8) is 0 Å². The number of nitrogens with two attached hydrogens (primary N) is 1. The molecule has 3 unspecified atom stereocenters. The van der Waals surface area contributed by atoms with Crippen LogP contribution < -0.4 is 5.73 Å². The van der Waals surface area contributed by atoms with Gasteiger partial charge >= 0.3 is 0 Å². The number of ether oxygens (including phenoxy) is 1. The topological polar surface area (TPSA) is 38.5 Å². The fourth-order valence-corrected chi connectivity index (χ4v) is 4.74. The van der Waals surface area contributed by atoms with Crippen LogP contribution in [0, 0.1) is 5.92 Å². The summed E-state index contributed by atoms with van der Waals surface area (Å²) in [7, 11) is 2.28. The Hall–Kier alpha value is -0.120. The Morgan fingerprint density at radius 3 is 2.63 bits per heavy atom. The monoisotopic (exact) mass is 266 g/mol. The van der Waals surface area contributed by atoms with Gasteiger partial charge in [0.05, 0.1) is 11.7 Å². The van der Waals surface area contributed by atoms with Crippen LogP contribution >= 0.6 is 0 Å². The van der Waals surface area contributed by atoms with Crippen molar-refractivity contribution in [2.45, 2.75) is 75.5 Å². The van der Waals surface area contributed by atoms with Crippen molar-refractivity contribution in [1.29, 1.82) is 0 Å². The van der Waals surface area contributed by atoms with E-state index in [9.17, 15) is 0 Å². The molecule has 0 aromatic carbocycles. The van der Waals surface area contributed by atoms with Gasteiger partial charge in [-0.25, -0.2) is 0 Å². The zero-order valence-corrected chi connectivity index (χ0v) is 12.4. The second-order valence-electron chi connectivity index (χ2n) is 7.10. The SMILES string of the molecule is CN(CC1CCC2(CCCC2)O1)C1CCCC1CN. The molecule has 1 spiro atoms. The second-order valence-corrected chi connectivity index (χ2v) is 7.10. The van der Waals surface area contributed by atoms with Gasteiger partial charge in [0, 0.05) is 12.6 Å². The summed E-state index contributed by atoms with van der Waals surface area (Å²) in [5, 5.41) is 0. The molecule has 0 aromatic heterocycles. The van der Waals surface area contributed by atoms with Gasteiger partial charge in [-0.2, -0.15) is 0 Å². The van der Waals surface area contributed by atoms with Gasteiger partial charge in [-0.05, 0) is 58.0 Å². The van der Waals surface area contributed by atoms with E-state index in [4.69, 9.17) is 10.5 Å². The van der Waals surface area contributed by atoms with Crippen LogP contribution in [-0.2, 0) is 4.74 Å². The van der Waals surface area contributed by atoms with Crippen molar-refractivity contribution in [1.82, 2.24) is 4.90 Å². The molecular formula is C16H30N2O. The van der Waals surface area contributed by atoms with Crippen molar-refractivity contribution < 1.29 is 4.74 Å². The van der Waals surface area contributed by atoms with Crippen LogP contribution in [0.15, 0.2) is 0 Å². The molecule has 3 atom stereocenters. The molecule has 110 valence electrons. The van der Waals surface area contributed by atoms with Gasteiger partial charge in [-0.15, -0.1) is 0 Å². The van der Waals surface area contributed by atoms with E-state index < -0.39 is 0 Å². The first-order chi connectivity index (χ1) is 9.22. The van der Waals surface area contributed by atoms with E-state index >= 15 is 0 Å². The van der Waals surface area contributed by atoms with Gasteiger partial charge in [-0.3, -0.25) is 0 Å². The molecule has 1 heterocycles. The highest BCUT2D eigenvalue weighted by molar-refractivity contribution is 4.94. The van der Waals surface area contributed by atoms with Crippen LogP contribution in [0.2, 0.25) is 0 Å². The summed E-state index contributed by atoms with van der Waals surface area (Å²) in [6, 6.07) is 0.703. The van der Waals surface area contributed by atoms with Gasteiger partial charge < -0.3 is 15.4 Å². The van der Waals surface area contributed by atoms with E-state index in [-0.39, 0.29) is 5.60 Å². The zero-order chi connectivity index (χ0) is 13.3. The Bertz CT molecular complexity index is 301. The fourth-order valence-electron chi connectivity index (χ4n) is 4.74. The highest BCUT2D eigenvalue weighted by Gasteiger charge is 2.43. The Balaban J connectivity index is 1.51. The maximum absolute atomic E-state index is 6.44. The molecule has 19 heavy (non-hydrogen) atoms. The normalized spacial score (nSPS) is 37.7. The Labute approximate surface area is 117 Å². The minimum atomic E-state index is 0.286. The van der Waals surface area contributed by atoms with E-state index in [0.29, 0.717) is 18.1 Å². The number of hydrogen-bond donors (Lipinski definition) is 1. The Morgan fingerprint density at radius 1 is 1.11 bits per heavy atom. The van der Waals surface area contributed by atoms with Crippen molar-refractivity contribution in [3.8, 4) is 0 Å². The lowest BCUT2D eigenvalue weighted by atomic mass is 9.98. The highest BCUT2D eigenvalue weighted by atomic mass is 16.5.